The van der Waals surface area contributed by atoms with Crippen molar-refractivity contribution in [3.05, 3.63) is 23.8 Å². The minimum absolute atomic E-state index is 0.0871. The fourth-order valence-corrected chi connectivity index (χ4v) is 5.78. The average molecular weight is 413 g/mol. The Balaban J connectivity index is 1.41. The number of sulfone groups is 1. The molecule has 0 spiro atoms. The maximum atomic E-state index is 11.9. The number of hydrogen-bond donors (Lipinski definition) is 1. The molecule has 0 unspecified atom stereocenters. The van der Waals surface area contributed by atoms with E-state index >= 15 is 0 Å². The zero-order valence-electron chi connectivity index (χ0n) is 15.1. The molecular weight excluding hydrogens is 388 g/mol. The van der Waals surface area contributed by atoms with E-state index in [-0.39, 0.29) is 30.4 Å². The summed E-state index contributed by atoms with van der Waals surface area (Å²) >= 11 is 5.63. The Morgan fingerprint density at radius 2 is 2.11 bits per heavy atom. The summed E-state index contributed by atoms with van der Waals surface area (Å²) in [6, 6.07) is 5.70. The smallest absolute Gasteiger partial charge is 0.231 e. The van der Waals surface area contributed by atoms with Crippen molar-refractivity contribution in [1.82, 2.24) is 10.2 Å². The molecule has 0 aromatic heterocycles. The lowest BCUT2D eigenvalue weighted by Gasteiger charge is -2.33. The zero-order chi connectivity index (χ0) is 18.9. The number of hydrogen-bond acceptors (Lipinski definition) is 6. The Bertz CT molecular complexity index is 808. The van der Waals surface area contributed by atoms with Crippen molar-refractivity contribution in [2.45, 2.75) is 38.0 Å². The van der Waals surface area contributed by atoms with E-state index in [9.17, 15) is 8.42 Å². The number of fused-ring (bicyclic) bond motifs is 1. The second-order valence-corrected chi connectivity index (χ2v) is 9.81. The molecule has 1 aromatic carbocycles. The van der Waals surface area contributed by atoms with E-state index in [1.807, 2.05) is 23.1 Å². The van der Waals surface area contributed by atoms with E-state index < -0.39 is 9.84 Å². The van der Waals surface area contributed by atoms with E-state index in [4.69, 9.17) is 26.4 Å². The van der Waals surface area contributed by atoms with E-state index in [1.54, 1.807) is 0 Å². The fraction of sp³-hybridized carbons (Fsp3) is 0.611. The lowest BCUT2D eigenvalue weighted by molar-refractivity contribution is 0.0841. The van der Waals surface area contributed by atoms with Gasteiger partial charge in [-0.1, -0.05) is 6.07 Å². The van der Waals surface area contributed by atoms with E-state index in [0.717, 1.165) is 36.5 Å². The van der Waals surface area contributed by atoms with Gasteiger partial charge in [0.15, 0.2) is 26.4 Å². The van der Waals surface area contributed by atoms with Gasteiger partial charge >= 0.3 is 0 Å². The van der Waals surface area contributed by atoms with Crippen LogP contribution < -0.4 is 14.8 Å². The Morgan fingerprint density at radius 1 is 1.26 bits per heavy atom. The van der Waals surface area contributed by atoms with Gasteiger partial charge in [0.05, 0.1) is 17.6 Å². The van der Waals surface area contributed by atoms with Crippen molar-refractivity contribution in [2.75, 3.05) is 31.5 Å². The van der Waals surface area contributed by atoms with E-state index in [2.05, 4.69) is 5.32 Å². The first-order valence-corrected chi connectivity index (χ1v) is 11.5. The molecule has 2 fully saturated rings. The molecule has 9 heteroatoms. The summed E-state index contributed by atoms with van der Waals surface area (Å²) in [5.74, 6) is 1.87. The lowest BCUT2D eigenvalue weighted by Crippen LogP contribution is -2.49. The molecule has 27 heavy (non-hydrogen) atoms. The summed E-state index contributed by atoms with van der Waals surface area (Å²) in [5, 5.41) is 3.85. The molecular formula is C18H24N2O5S2. The Kier molecular flexibility index (Phi) is 5.43. The number of thiocarbonyl (C=S) groups is 1. The Hall–Kier alpha value is -1.58. The highest BCUT2D eigenvalue weighted by Crippen LogP contribution is 2.32. The molecule has 0 aliphatic carbocycles. The number of nitrogens with zero attached hydrogens (tertiary/aromatic N) is 1. The third kappa shape index (κ3) is 4.47. The van der Waals surface area contributed by atoms with Gasteiger partial charge in [0.25, 0.3) is 0 Å². The van der Waals surface area contributed by atoms with Gasteiger partial charge in [-0.25, -0.2) is 8.42 Å². The van der Waals surface area contributed by atoms with Crippen LogP contribution in [0, 0.1) is 0 Å². The van der Waals surface area contributed by atoms with Crippen molar-refractivity contribution in [3.63, 3.8) is 0 Å². The van der Waals surface area contributed by atoms with Gasteiger partial charge in [-0.2, -0.15) is 0 Å². The Labute approximate surface area is 164 Å². The lowest BCUT2D eigenvalue weighted by atomic mass is 10.1. The number of rotatable bonds is 5. The van der Waals surface area contributed by atoms with Crippen LogP contribution in [0.3, 0.4) is 0 Å². The maximum absolute atomic E-state index is 11.9. The third-order valence-corrected chi connectivity index (χ3v) is 7.34. The minimum atomic E-state index is -2.98. The predicted molar refractivity (Wildman–Crippen MR) is 105 cm³/mol. The van der Waals surface area contributed by atoms with Crippen molar-refractivity contribution >= 4 is 27.2 Å². The van der Waals surface area contributed by atoms with E-state index in [0.29, 0.717) is 24.6 Å². The van der Waals surface area contributed by atoms with Crippen LogP contribution in [-0.4, -0.2) is 62.0 Å². The van der Waals surface area contributed by atoms with Gasteiger partial charge in [0.2, 0.25) is 6.79 Å². The van der Waals surface area contributed by atoms with Crippen LogP contribution in [0.2, 0.25) is 0 Å². The van der Waals surface area contributed by atoms with Crippen LogP contribution in [-0.2, 0) is 21.1 Å². The second-order valence-electron chi connectivity index (χ2n) is 7.19. The van der Waals surface area contributed by atoms with Crippen molar-refractivity contribution in [1.29, 1.82) is 0 Å². The van der Waals surface area contributed by atoms with Crippen LogP contribution in [0.5, 0.6) is 11.5 Å². The maximum Gasteiger partial charge on any atom is 0.231 e. The van der Waals surface area contributed by atoms with Crippen LogP contribution in [0.4, 0.5) is 0 Å². The van der Waals surface area contributed by atoms with Crippen LogP contribution in [0.15, 0.2) is 18.2 Å². The summed E-state index contributed by atoms with van der Waals surface area (Å²) in [4.78, 5) is 2.02. The molecule has 1 N–H and O–H groups in total. The topological polar surface area (TPSA) is 77.1 Å². The van der Waals surface area contributed by atoms with Gasteiger partial charge in [-0.05, 0) is 49.2 Å². The monoisotopic (exact) mass is 412 g/mol. The molecule has 2 atom stereocenters. The molecule has 148 valence electrons. The molecule has 7 nitrogen and oxygen atoms in total. The standard InChI is InChI=1S/C18H24N2O5S2/c21-27(22)7-5-14(11-27)20(10-15-2-1-6-23-15)18(26)19-9-13-3-4-16-17(8-13)25-12-24-16/h3-4,8,14-15H,1-2,5-7,9-12H2,(H,19,26)/t14-,15+/m1/s1. The summed E-state index contributed by atoms with van der Waals surface area (Å²) in [6.07, 6.45) is 2.75. The molecule has 4 rings (SSSR count). The first-order valence-electron chi connectivity index (χ1n) is 9.25. The number of nitrogens with one attached hydrogen (secondary N) is 1. The largest absolute Gasteiger partial charge is 0.454 e. The molecule has 3 aliphatic rings. The Morgan fingerprint density at radius 3 is 2.85 bits per heavy atom. The van der Waals surface area contributed by atoms with Crippen molar-refractivity contribution in [3.8, 4) is 11.5 Å². The molecule has 0 radical (unpaired) electrons. The SMILES string of the molecule is O=S1(=O)CC[C@@H](N(C[C@@H]2CCCO2)C(=S)NCc2ccc3c(c2)OCO3)C1. The second kappa shape index (κ2) is 7.81. The molecule has 3 aliphatic heterocycles. The fourth-order valence-electron chi connectivity index (χ4n) is 3.76. The molecule has 0 amide bonds. The van der Waals surface area contributed by atoms with Crippen molar-refractivity contribution in [2.24, 2.45) is 0 Å². The van der Waals surface area contributed by atoms with Crippen LogP contribution in [0.1, 0.15) is 24.8 Å². The molecule has 3 heterocycles. The third-order valence-electron chi connectivity index (χ3n) is 5.22. The van der Waals surface area contributed by atoms with Crippen molar-refractivity contribution < 1.29 is 22.6 Å². The first kappa shape index (κ1) is 18.8. The highest BCUT2D eigenvalue weighted by atomic mass is 32.2. The summed E-state index contributed by atoms with van der Waals surface area (Å²) in [7, 11) is -2.98. The molecule has 2 saturated heterocycles. The average Bonchev–Trinajstić information content (AvgIpc) is 3.38. The van der Waals surface area contributed by atoms with Gasteiger partial charge in [0.1, 0.15) is 0 Å². The zero-order valence-corrected chi connectivity index (χ0v) is 16.7. The normalized spacial score (nSPS) is 25.5. The van der Waals surface area contributed by atoms with Crippen LogP contribution >= 0.6 is 12.2 Å². The summed E-state index contributed by atoms with van der Waals surface area (Å²) in [6.45, 7) is 2.18. The summed E-state index contributed by atoms with van der Waals surface area (Å²) in [5.41, 5.74) is 1.03. The predicted octanol–water partition coefficient (Wildman–Crippen LogP) is 1.46. The molecule has 1 aromatic rings. The molecule has 0 bridgehead atoms. The minimum Gasteiger partial charge on any atom is -0.454 e. The van der Waals surface area contributed by atoms with Gasteiger partial charge in [-0.3, -0.25) is 0 Å². The summed E-state index contributed by atoms with van der Waals surface area (Å²) < 4.78 is 40.4. The van der Waals surface area contributed by atoms with Gasteiger partial charge in [-0.15, -0.1) is 0 Å². The van der Waals surface area contributed by atoms with Crippen LogP contribution in [0.25, 0.3) is 0 Å². The highest BCUT2D eigenvalue weighted by molar-refractivity contribution is 7.91. The van der Waals surface area contributed by atoms with Gasteiger partial charge in [0, 0.05) is 25.7 Å². The van der Waals surface area contributed by atoms with Gasteiger partial charge < -0.3 is 24.4 Å². The first-order chi connectivity index (χ1) is 13.0. The quantitative estimate of drug-likeness (QED) is 0.729. The highest BCUT2D eigenvalue weighted by Gasteiger charge is 2.35. The van der Waals surface area contributed by atoms with E-state index in [1.165, 1.54) is 0 Å². The number of ether oxygens (including phenoxy) is 3. The number of benzene rings is 1. The molecule has 0 saturated carbocycles.